The maximum absolute atomic E-state index is 13.6. The lowest BCUT2D eigenvalue weighted by molar-refractivity contribution is -0.146. The van der Waals surface area contributed by atoms with Gasteiger partial charge in [-0.25, -0.2) is 4.39 Å². The molecular formula is C27H28FNO3. The maximum atomic E-state index is 13.6. The zero-order chi connectivity index (χ0) is 22.9. The van der Waals surface area contributed by atoms with Crippen molar-refractivity contribution in [2.75, 3.05) is 6.61 Å². The fraction of sp³-hybridized carbons (Fsp3) is 0.370. The molecule has 0 amide bonds. The largest absolute Gasteiger partial charge is 0.465 e. The first-order valence-electron chi connectivity index (χ1n) is 11.0. The Morgan fingerprint density at radius 1 is 1.09 bits per heavy atom. The third-order valence-electron chi connectivity index (χ3n) is 6.26. The molecule has 2 atom stereocenters. The smallest absolute Gasteiger partial charge is 0.315 e. The van der Waals surface area contributed by atoms with Crippen molar-refractivity contribution in [3.63, 3.8) is 0 Å². The summed E-state index contributed by atoms with van der Waals surface area (Å²) in [5.41, 5.74) is 3.58. The van der Waals surface area contributed by atoms with Crippen LogP contribution in [0.2, 0.25) is 0 Å². The summed E-state index contributed by atoms with van der Waals surface area (Å²) in [6, 6.07) is 15.9. The van der Waals surface area contributed by atoms with E-state index in [2.05, 4.69) is 13.8 Å². The first kappa shape index (κ1) is 22.1. The van der Waals surface area contributed by atoms with Crippen LogP contribution >= 0.6 is 0 Å². The van der Waals surface area contributed by atoms with Crippen LogP contribution in [-0.4, -0.2) is 24.1 Å². The van der Waals surface area contributed by atoms with Gasteiger partial charge in [0.05, 0.1) is 6.61 Å². The average molecular weight is 434 g/mol. The van der Waals surface area contributed by atoms with Crippen molar-refractivity contribution in [3.8, 4) is 0 Å². The van der Waals surface area contributed by atoms with Gasteiger partial charge >= 0.3 is 5.97 Å². The number of allylic oxidation sites excluding steroid dienone is 2. The number of carbonyl (C=O) groups is 2. The van der Waals surface area contributed by atoms with E-state index in [1.807, 2.05) is 37.3 Å². The number of benzene rings is 2. The number of hydrogen-bond donors (Lipinski definition) is 0. The van der Waals surface area contributed by atoms with Gasteiger partial charge in [-0.3, -0.25) is 14.6 Å². The molecule has 0 spiro atoms. The van der Waals surface area contributed by atoms with Crippen LogP contribution in [-0.2, 0) is 20.7 Å². The van der Waals surface area contributed by atoms with E-state index in [1.165, 1.54) is 12.1 Å². The molecular weight excluding hydrogens is 405 g/mol. The van der Waals surface area contributed by atoms with Gasteiger partial charge in [-0.05, 0) is 42.0 Å². The Morgan fingerprint density at radius 3 is 2.47 bits per heavy atom. The summed E-state index contributed by atoms with van der Waals surface area (Å²) in [6.07, 6.45) is 1.67. The number of esters is 1. The van der Waals surface area contributed by atoms with Crippen molar-refractivity contribution in [1.82, 2.24) is 0 Å². The van der Waals surface area contributed by atoms with Gasteiger partial charge in [0.25, 0.3) is 0 Å². The Morgan fingerprint density at radius 2 is 1.78 bits per heavy atom. The fourth-order valence-electron chi connectivity index (χ4n) is 4.78. The van der Waals surface area contributed by atoms with Gasteiger partial charge in [0.15, 0.2) is 5.78 Å². The summed E-state index contributed by atoms with van der Waals surface area (Å²) in [5.74, 6) is -1.98. The van der Waals surface area contributed by atoms with Gasteiger partial charge < -0.3 is 4.74 Å². The molecule has 0 bridgehead atoms. The van der Waals surface area contributed by atoms with Crippen LogP contribution < -0.4 is 0 Å². The van der Waals surface area contributed by atoms with Crippen LogP contribution in [0.15, 0.2) is 70.9 Å². The van der Waals surface area contributed by atoms with Crippen molar-refractivity contribution < 1.29 is 18.7 Å². The molecule has 32 heavy (non-hydrogen) atoms. The van der Waals surface area contributed by atoms with Gasteiger partial charge in [-0.2, -0.15) is 0 Å². The van der Waals surface area contributed by atoms with Crippen LogP contribution in [0.4, 0.5) is 4.39 Å². The van der Waals surface area contributed by atoms with E-state index in [1.54, 1.807) is 12.1 Å². The summed E-state index contributed by atoms with van der Waals surface area (Å²) >= 11 is 0. The van der Waals surface area contributed by atoms with Crippen LogP contribution in [0.3, 0.4) is 0 Å². The molecule has 0 fully saturated rings. The van der Waals surface area contributed by atoms with Gasteiger partial charge in [0, 0.05) is 35.7 Å². The molecule has 166 valence electrons. The molecule has 0 saturated carbocycles. The SMILES string of the molecule is CC1=NC2=C(C(=O)CC(C)(C)C2)[C@H](c2ccc(F)cc2)C1C(=O)OCCc1ccccc1. The maximum Gasteiger partial charge on any atom is 0.315 e. The number of halogens is 1. The van der Waals surface area contributed by atoms with E-state index < -0.39 is 17.8 Å². The zero-order valence-electron chi connectivity index (χ0n) is 18.7. The Balaban J connectivity index is 1.65. The highest BCUT2D eigenvalue weighted by Crippen LogP contribution is 2.47. The van der Waals surface area contributed by atoms with E-state index in [0.717, 1.165) is 16.8 Å². The molecule has 0 radical (unpaired) electrons. The minimum absolute atomic E-state index is 0.00362. The van der Waals surface area contributed by atoms with Crippen LogP contribution in [0.25, 0.3) is 0 Å². The molecule has 0 N–H and O–H groups in total. The Labute approximate surface area is 188 Å². The molecule has 1 aliphatic carbocycles. The lowest BCUT2D eigenvalue weighted by atomic mass is 9.67. The van der Waals surface area contributed by atoms with Crippen molar-refractivity contribution >= 4 is 17.5 Å². The van der Waals surface area contributed by atoms with E-state index >= 15 is 0 Å². The predicted molar refractivity (Wildman–Crippen MR) is 122 cm³/mol. The molecule has 4 rings (SSSR count). The summed E-state index contributed by atoms with van der Waals surface area (Å²) in [5, 5.41) is 0. The molecule has 2 aromatic carbocycles. The first-order valence-corrected chi connectivity index (χ1v) is 11.0. The highest BCUT2D eigenvalue weighted by Gasteiger charge is 2.46. The van der Waals surface area contributed by atoms with Gasteiger partial charge in [0.2, 0.25) is 0 Å². The molecule has 0 aromatic heterocycles. The second-order valence-corrected chi connectivity index (χ2v) is 9.46. The first-order chi connectivity index (χ1) is 15.2. The van der Waals surface area contributed by atoms with Crippen molar-refractivity contribution in [3.05, 3.63) is 82.8 Å². The van der Waals surface area contributed by atoms with E-state index in [0.29, 0.717) is 30.5 Å². The van der Waals surface area contributed by atoms with Crippen molar-refractivity contribution in [2.45, 2.75) is 46.0 Å². The molecule has 2 aromatic rings. The quantitative estimate of drug-likeness (QED) is 0.591. The summed E-state index contributed by atoms with van der Waals surface area (Å²) in [4.78, 5) is 31.2. The molecule has 5 heteroatoms. The lowest BCUT2D eigenvalue weighted by Gasteiger charge is -2.39. The zero-order valence-corrected chi connectivity index (χ0v) is 18.7. The van der Waals surface area contributed by atoms with Crippen LogP contribution in [0, 0.1) is 17.2 Å². The molecule has 4 nitrogen and oxygen atoms in total. The molecule has 1 heterocycles. The lowest BCUT2D eigenvalue weighted by Crippen LogP contribution is -2.39. The van der Waals surface area contributed by atoms with Crippen molar-refractivity contribution in [1.29, 1.82) is 0 Å². The highest BCUT2D eigenvalue weighted by molar-refractivity contribution is 6.09. The van der Waals surface area contributed by atoms with Crippen LogP contribution in [0.1, 0.15) is 50.7 Å². The Hall–Kier alpha value is -3.08. The van der Waals surface area contributed by atoms with E-state index in [-0.39, 0.29) is 23.6 Å². The number of rotatable bonds is 5. The third-order valence-corrected chi connectivity index (χ3v) is 6.26. The molecule has 2 aliphatic rings. The van der Waals surface area contributed by atoms with Gasteiger partial charge in [-0.15, -0.1) is 0 Å². The Bertz CT molecular complexity index is 1080. The average Bonchev–Trinajstić information content (AvgIpc) is 2.73. The minimum atomic E-state index is -0.708. The number of nitrogens with zero attached hydrogens (tertiary/aromatic N) is 1. The second kappa shape index (κ2) is 8.81. The molecule has 0 saturated heterocycles. The number of ether oxygens (including phenoxy) is 1. The minimum Gasteiger partial charge on any atom is -0.465 e. The number of ketones is 1. The summed E-state index contributed by atoms with van der Waals surface area (Å²) in [7, 11) is 0. The summed E-state index contributed by atoms with van der Waals surface area (Å²) < 4.78 is 19.3. The van der Waals surface area contributed by atoms with Crippen molar-refractivity contribution in [2.24, 2.45) is 16.3 Å². The van der Waals surface area contributed by atoms with E-state index in [9.17, 15) is 14.0 Å². The Kier molecular flexibility index (Phi) is 6.09. The van der Waals surface area contributed by atoms with E-state index in [4.69, 9.17) is 9.73 Å². The monoisotopic (exact) mass is 433 g/mol. The third kappa shape index (κ3) is 4.57. The fourth-order valence-corrected chi connectivity index (χ4v) is 4.78. The topological polar surface area (TPSA) is 55.7 Å². The second-order valence-electron chi connectivity index (χ2n) is 9.46. The summed E-state index contributed by atoms with van der Waals surface area (Å²) in [6.45, 7) is 6.16. The molecule has 1 aliphatic heterocycles. The number of carbonyl (C=O) groups excluding carboxylic acids is 2. The number of Topliss-reactive ketones (excluding diaryl/α,β-unsaturated/α-hetero) is 1. The van der Waals surface area contributed by atoms with Crippen LogP contribution in [0.5, 0.6) is 0 Å². The normalized spacial score (nSPS) is 22.2. The number of hydrogen-bond acceptors (Lipinski definition) is 4. The number of aliphatic imine (C=N–C) groups is 1. The van der Waals surface area contributed by atoms with Gasteiger partial charge in [0.1, 0.15) is 11.7 Å². The van der Waals surface area contributed by atoms with Gasteiger partial charge in [-0.1, -0.05) is 56.3 Å². The molecule has 1 unspecified atom stereocenters. The standard InChI is InChI=1S/C27H28FNO3/c1-17-23(26(31)32-14-13-18-7-5-4-6-8-18)24(19-9-11-20(28)12-10-19)25-21(29-17)15-27(2,3)16-22(25)30/h4-12,23-24H,13-16H2,1-3H3/t23?,24-/m1/s1. The highest BCUT2D eigenvalue weighted by atomic mass is 19.1. The predicted octanol–water partition coefficient (Wildman–Crippen LogP) is 5.43.